The second kappa shape index (κ2) is 3.55. The Kier molecular flexibility index (Phi) is 2.90. The van der Waals surface area contributed by atoms with Crippen LogP contribution >= 0.6 is 0 Å². The van der Waals surface area contributed by atoms with Gasteiger partial charge >= 0.3 is 0 Å². The maximum absolute atomic E-state index is 5.64. The lowest BCUT2D eigenvalue weighted by atomic mass is 9.76. The molecule has 0 saturated carbocycles. The summed E-state index contributed by atoms with van der Waals surface area (Å²) in [4.78, 5) is 0. The first kappa shape index (κ1) is 9.01. The van der Waals surface area contributed by atoms with Crippen LogP contribution in [0.15, 0.2) is 0 Å². The number of hydrogen-bond acceptors (Lipinski definition) is 2. The fourth-order valence-electron chi connectivity index (χ4n) is 2.12. The summed E-state index contributed by atoms with van der Waals surface area (Å²) in [5, 5.41) is 0. The van der Waals surface area contributed by atoms with E-state index in [1.165, 1.54) is 19.3 Å². The molecule has 11 heavy (non-hydrogen) atoms. The Morgan fingerprint density at radius 3 is 2.45 bits per heavy atom. The third-order valence-electron chi connectivity index (χ3n) is 3.22. The van der Waals surface area contributed by atoms with E-state index < -0.39 is 0 Å². The third kappa shape index (κ3) is 1.42. The first-order chi connectivity index (χ1) is 5.29. The van der Waals surface area contributed by atoms with Crippen molar-refractivity contribution < 1.29 is 4.74 Å². The normalized spacial score (nSPS) is 29.2. The fourth-order valence-corrected chi connectivity index (χ4v) is 2.12. The van der Waals surface area contributed by atoms with Gasteiger partial charge in [-0.3, -0.25) is 0 Å². The molecule has 1 saturated heterocycles. The standard InChI is InChI=1S/C9H19NO/c1-3-9(4-2)5-6-11-8(9)7-10/h8H,3-7,10H2,1-2H3. The molecular formula is C9H19NO. The van der Waals surface area contributed by atoms with E-state index in [2.05, 4.69) is 13.8 Å². The van der Waals surface area contributed by atoms with Gasteiger partial charge in [0.25, 0.3) is 0 Å². The molecule has 0 aromatic heterocycles. The van der Waals surface area contributed by atoms with Crippen molar-refractivity contribution in [3.63, 3.8) is 0 Å². The van der Waals surface area contributed by atoms with E-state index in [4.69, 9.17) is 10.5 Å². The van der Waals surface area contributed by atoms with Crippen LogP contribution in [-0.2, 0) is 4.74 Å². The molecule has 2 heteroatoms. The summed E-state index contributed by atoms with van der Waals surface area (Å²) in [6.45, 7) is 6.06. The summed E-state index contributed by atoms with van der Waals surface area (Å²) in [7, 11) is 0. The molecule has 0 amide bonds. The van der Waals surface area contributed by atoms with E-state index in [9.17, 15) is 0 Å². The summed E-state index contributed by atoms with van der Waals surface area (Å²) in [6, 6.07) is 0. The molecule has 0 aromatic rings. The molecule has 1 aliphatic heterocycles. The van der Waals surface area contributed by atoms with Gasteiger partial charge in [-0.05, 0) is 24.7 Å². The zero-order chi connectivity index (χ0) is 8.32. The topological polar surface area (TPSA) is 35.2 Å². The summed E-state index contributed by atoms with van der Waals surface area (Å²) in [6.07, 6.45) is 3.91. The van der Waals surface area contributed by atoms with Crippen LogP contribution in [0.1, 0.15) is 33.1 Å². The Labute approximate surface area is 69.1 Å². The summed E-state index contributed by atoms with van der Waals surface area (Å²) >= 11 is 0. The molecule has 1 aliphatic rings. The van der Waals surface area contributed by atoms with E-state index in [0.29, 0.717) is 18.1 Å². The van der Waals surface area contributed by atoms with Gasteiger partial charge in [0.2, 0.25) is 0 Å². The zero-order valence-electron chi connectivity index (χ0n) is 7.60. The van der Waals surface area contributed by atoms with Gasteiger partial charge in [0.05, 0.1) is 6.10 Å². The predicted octanol–water partition coefficient (Wildman–Crippen LogP) is 1.54. The molecule has 2 N–H and O–H groups in total. The lowest BCUT2D eigenvalue weighted by molar-refractivity contribution is 0.0511. The highest BCUT2D eigenvalue weighted by molar-refractivity contribution is 4.90. The number of ether oxygens (including phenoxy) is 1. The summed E-state index contributed by atoms with van der Waals surface area (Å²) in [5.74, 6) is 0. The van der Waals surface area contributed by atoms with Gasteiger partial charge in [-0.15, -0.1) is 0 Å². The van der Waals surface area contributed by atoms with Gasteiger partial charge in [0, 0.05) is 13.2 Å². The van der Waals surface area contributed by atoms with Gasteiger partial charge < -0.3 is 10.5 Å². The molecule has 0 bridgehead atoms. The minimum Gasteiger partial charge on any atom is -0.376 e. The highest BCUT2D eigenvalue weighted by atomic mass is 16.5. The van der Waals surface area contributed by atoms with Crippen LogP contribution in [0.4, 0.5) is 0 Å². The van der Waals surface area contributed by atoms with E-state index in [-0.39, 0.29) is 0 Å². The minimum atomic E-state index is 0.317. The molecule has 1 fully saturated rings. The van der Waals surface area contributed by atoms with Crippen LogP contribution in [0, 0.1) is 5.41 Å². The zero-order valence-corrected chi connectivity index (χ0v) is 7.60. The molecule has 66 valence electrons. The smallest absolute Gasteiger partial charge is 0.0753 e. The molecule has 0 aromatic carbocycles. The van der Waals surface area contributed by atoms with Crippen LogP contribution in [0.2, 0.25) is 0 Å². The van der Waals surface area contributed by atoms with Crippen LogP contribution < -0.4 is 5.73 Å². The lowest BCUT2D eigenvalue weighted by Gasteiger charge is -2.30. The number of nitrogens with two attached hydrogens (primary N) is 1. The van der Waals surface area contributed by atoms with E-state index >= 15 is 0 Å². The lowest BCUT2D eigenvalue weighted by Crippen LogP contribution is -2.35. The molecule has 0 spiro atoms. The Bertz CT molecular complexity index is 121. The Hall–Kier alpha value is -0.0800. The van der Waals surface area contributed by atoms with Gasteiger partial charge in [0.15, 0.2) is 0 Å². The first-order valence-corrected chi connectivity index (χ1v) is 4.60. The minimum absolute atomic E-state index is 0.317. The first-order valence-electron chi connectivity index (χ1n) is 4.60. The predicted molar refractivity (Wildman–Crippen MR) is 46.4 cm³/mol. The summed E-state index contributed by atoms with van der Waals surface area (Å²) < 4.78 is 5.57. The van der Waals surface area contributed by atoms with E-state index in [1.54, 1.807) is 0 Å². The monoisotopic (exact) mass is 157 g/mol. The van der Waals surface area contributed by atoms with Crippen LogP contribution in [0.25, 0.3) is 0 Å². The van der Waals surface area contributed by atoms with Crippen molar-refractivity contribution in [2.45, 2.75) is 39.2 Å². The molecule has 1 rings (SSSR count). The second-order valence-electron chi connectivity index (χ2n) is 3.41. The van der Waals surface area contributed by atoms with Crippen LogP contribution in [0.5, 0.6) is 0 Å². The van der Waals surface area contributed by atoms with Crippen LogP contribution in [0.3, 0.4) is 0 Å². The maximum atomic E-state index is 5.64. The molecule has 1 atom stereocenters. The molecule has 1 unspecified atom stereocenters. The van der Waals surface area contributed by atoms with Crippen molar-refractivity contribution in [3.8, 4) is 0 Å². The second-order valence-corrected chi connectivity index (χ2v) is 3.41. The molecule has 0 radical (unpaired) electrons. The average molecular weight is 157 g/mol. The van der Waals surface area contributed by atoms with E-state index in [0.717, 1.165) is 6.61 Å². The third-order valence-corrected chi connectivity index (χ3v) is 3.22. The Balaban J connectivity index is 2.63. The molecule has 1 heterocycles. The average Bonchev–Trinajstić information content (AvgIpc) is 2.47. The van der Waals surface area contributed by atoms with Crippen molar-refractivity contribution in [1.29, 1.82) is 0 Å². The van der Waals surface area contributed by atoms with Crippen molar-refractivity contribution in [2.24, 2.45) is 11.1 Å². The Morgan fingerprint density at radius 1 is 1.45 bits per heavy atom. The Morgan fingerprint density at radius 2 is 2.09 bits per heavy atom. The van der Waals surface area contributed by atoms with E-state index in [1.807, 2.05) is 0 Å². The maximum Gasteiger partial charge on any atom is 0.0753 e. The van der Waals surface area contributed by atoms with Gasteiger partial charge in [-0.25, -0.2) is 0 Å². The fraction of sp³-hybridized carbons (Fsp3) is 1.00. The molecular weight excluding hydrogens is 138 g/mol. The highest BCUT2D eigenvalue weighted by Gasteiger charge is 2.39. The molecule has 2 nitrogen and oxygen atoms in total. The van der Waals surface area contributed by atoms with Gasteiger partial charge in [-0.1, -0.05) is 13.8 Å². The van der Waals surface area contributed by atoms with Crippen molar-refractivity contribution in [2.75, 3.05) is 13.2 Å². The SMILES string of the molecule is CCC1(CC)CCOC1CN. The summed E-state index contributed by atoms with van der Waals surface area (Å²) in [5.41, 5.74) is 6.03. The largest absolute Gasteiger partial charge is 0.376 e. The van der Waals surface area contributed by atoms with Crippen molar-refractivity contribution in [1.82, 2.24) is 0 Å². The van der Waals surface area contributed by atoms with Gasteiger partial charge in [-0.2, -0.15) is 0 Å². The quantitative estimate of drug-likeness (QED) is 0.674. The molecule has 0 aliphatic carbocycles. The van der Waals surface area contributed by atoms with Gasteiger partial charge in [0.1, 0.15) is 0 Å². The van der Waals surface area contributed by atoms with Crippen molar-refractivity contribution >= 4 is 0 Å². The number of hydrogen-bond donors (Lipinski definition) is 1. The van der Waals surface area contributed by atoms with Crippen molar-refractivity contribution in [3.05, 3.63) is 0 Å². The number of rotatable bonds is 3. The highest BCUT2D eigenvalue weighted by Crippen LogP contribution is 2.40. The van der Waals surface area contributed by atoms with Crippen LogP contribution in [-0.4, -0.2) is 19.3 Å².